The molecule has 3 rings (SSSR count). The van der Waals surface area contributed by atoms with Gasteiger partial charge in [0, 0.05) is 36.1 Å². The molecule has 0 atom stereocenters. The molecule has 1 saturated heterocycles. The standard InChI is InChI=1S/C17H21ClN4O2/c1-2-9-19-16(23)13-7-10-22(11-8-13)17-20-15(21-24-17)12-3-5-14(18)6-4-12/h3-6,13H,2,7-11H2,1H3,(H,19,23). The van der Waals surface area contributed by atoms with Crippen LogP contribution >= 0.6 is 11.6 Å². The minimum atomic E-state index is 0.0754. The predicted molar refractivity (Wildman–Crippen MR) is 93.0 cm³/mol. The fraction of sp³-hybridized carbons (Fsp3) is 0.471. The number of benzene rings is 1. The highest BCUT2D eigenvalue weighted by Crippen LogP contribution is 2.25. The highest BCUT2D eigenvalue weighted by atomic mass is 35.5. The third-order valence-corrected chi connectivity index (χ3v) is 4.46. The monoisotopic (exact) mass is 348 g/mol. The molecule has 0 saturated carbocycles. The Kier molecular flexibility index (Phi) is 5.35. The van der Waals surface area contributed by atoms with Crippen molar-refractivity contribution < 1.29 is 9.32 Å². The molecule has 128 valence electrons. The minimum Gasteiger partial charge on any atom is -0.356 e. The zero-order valence-corrected chi connectivity index (χ0v) is 14.4. The van der Waals surface area contributed by atoms with Gasteiger partial charge >= 0.3 is 6.01 Å². The Bertz CT molecular complexity index is 678. The zero-order valence-electron chi connectivity index (χ0n) is 13.7. The van der Waals surface area contributed by atoms with Crippen molar-refractivity contribution >= 4 is 23.5 Å². The van der Waals surface area contributed by atoms with Crippen LogP contribution in [0.2, 0.25) is 5.02 Å². The second-order valence-corrected chi connectivity index (χ2v) is 6.40. The van der Waals surface area contributed by atoms with Gasteiger partial charge in [0.25, 0.3) is 0 Å². The summed E-state index contributed by atoms with van der Waals surface area (Å²) in [7, 11) is 0. The van der Waals surface area contributed by atoms with Gasteiger partial charge in [-0.2, -0.15) is 4.98 Å². The van der Waals surface area contributed by atoms with E-state index < -0.39 is 0 Å². The molecule has 6 nitrogen and oxygen atoms in total. The summed E-state index contributed by atoms with van der Waals surface area (Å²) >= 11 is 5.89. The highest BCUT2D eigenvalue weighted by molar-refractivity contribution is 6.30. The van der Waals surface area contributed by atoms with E-state index in [1.165, 1.54) is 0 Å². The van der Waals surface area contributed by atoms with E-state index in [1.54, 1.807) is 12.1 Å². The van der Waals surface area contributed by atoms with Gasteiger partial charge < -0.3 is 14.7 Å². The first kappa shape index (κ1) is 16.8. The van der Waals surface area contributed by atoms with Gasteiger partial charge in [0.15, 0.2) is 0 Å². The Balaban J connectivity index is 1.59. The maximum Gasteiger partial charge on any atom is 0.324 e. The number of carbonyl (C=O) groups is 1. The average Bonchev–Trinajstić information content (AvgIpc) is 3.10. The molecular weight excluding hydrogens is 328 g/mol. The molecule has 0 unspecified atom stereocenters. The first-order valence-electron chi connectivity index (χ1n) is 8.29. The number of hydrogen-bond acceptors (Lipinski definition) is 5. The van der Waals surface area contributed by atoms with E-state index in [9.17, 15) is 4.79 Å². The highest BCUT2D eigenvalue weighted by Gasteiger charge is 2.27. The van der Waals surface area contributed by atoms with E-state index in [0.29, 0.717) is 16.9 Å². The number of hydrogen-bond donors (Lipinski definition) is 1. The van der Waals surface area contributed by atoms with E-state index in [4.69, 9.17) is 16.1 Å². The number of amides is 1. The molecule has 2 heterocycles. The van der Waals surface area contributed by atoms with Crippen molar-refractivity contribution in [3.63, 3.8) is 0 Å². The van der Waals surface area contributed by atoms with Crippen LogP contribution < -0.4 is 10.2 Å². The van der Waals surface area contributed by atoms with Crippen LogP contribution in [0.25, 0.3) is 11.4 Å². The molecule has 0 spiro atoms. The molecule has 1 amide bonds. The van der Waals surface area contributed by atoms with E-state index in [2.05, 4.69) is 22.4 Å². The smallest absolute Gasteiger partial charge is 0.324 e. The second-order valence-electron chi connectivity index (χ2n) is 5.96. The van der Waals surface area contributed by atoms with Crippen LogP contribution in [-0.2, 0) is 4.79 Å². The van der Waals surface area contributed by atoms with Crippen LogP contribution in [0.4, 0.5) is 6.01 Å². The molecule has 1 N–H and O–H groups in total. The molecule has 1 aliphatic heterocycles. The average molecular weight is 349 g/mol. The van der Waals surface area contributed by atoms with Crippen LogP contribution in [0.15, 0.2) is 28.8 Å². The van der Waals surface area contributed by atoms with Crippen LogP contribution in [-0.4, -0.2) is 35.7 Å². The fourth-order valence-corrected chi connectivity index (χ4v) is 2.91. The number of rotatable bonds is 5. The Morgan fingerprint density at radius 3 is 2.71 bits per heavy atom. The summed E-state index contributed by atoms with van der Waals surface area (Å²) in [4.78, 5) is 18.5. The fourth-order valence-electron chi connectivity index (χ4n) is 2.79. The van der Waals surface area contributed by atoms with Crippen molar-refractivity contribution in [1.29, 1.82) is 0 Å². The molecule has 0 radical (unpaired) electrons. The van der Waals surface area contributed by atoms with E-state index in [-0.39, 0.29) is 11.8 Å². The SMILES string of the molecule is CCCNC(=O)C1CCN(c2nc(-c3ccc(Cl)cc3)no2)CC1. The largest absolute Gasteiger partial charge is 0.356 e. The Labute approximate surface area is 146 Å². The molecular formula is C17H21ClN4O2. The lowest BCUT2D eigenvalue weighted by molar-refractivity contribution is -0.125. The van der Waals surface area contributed by atoms with Gasteiger partial charge in [-0.15, -0.1) is 0 Å². The molecule has 0 bridgehead atoms. The summed E-state index contributed by atoms with van der Waals surface area (Å²) in [6, 6.07) is 7.83. The molecule has 1 fully saturated rings. The van der Waals surface area contributed by atoms with Crippen molar-refractivity contribution in [2.24, 2.45) is 5.92 Å². The van der Waals surface area contributed by atoms with E-state index >= 15 is 0 Å². The van der Waals surface area contributed by atoms with Crippen molar-refractivity contribution in [2.75, 3.05) is 24.5 Å². The summed E-state index contributed by atoms with van der Waals surface area (Å²) in [5.41, 5.74) is 0.864. The van der Waals surface area contributed by atoms with Gasteiger partial charge in [0.1, 0.15) is 0 Å². The molecule has 24 heavy (non-hydrogen) atoms. The quantitative estimate of drug-likeness (QED) is 0.898. The van der Waals surface area contributed by atoms with Gasteiger partial charge in [-0.3, -0.25) is 4.79 Å². The molecule has 1 aromatic heterocycles. The van der Waals surface area contributed by atoms with Gasteiger partial charge in [-0.25, -0.2) is 0 Å². The molecule has 0 aliphatic carbocycles. The first-order valence-corrected chi connectivity index (χ1v) is 8.67. The topological polar surface area (TPSA) is 71.3 Å². The lowest BCUT2D eigenvalue weighted by atomic mass is 9.96. The predicted octanol–water partition coefficient (Wildman–Crippen LogP) is 3.13. The van der Waals surface area contributed by atoms with Gasteiger partial charge in [-0.1, -0.05) is 23.7 Å². The Morgan fingerprint density at radius 2 is 2.04 bits per heavy atom. The number of halogens is 1. The number of piperidine rings is 1. The van der Waals surface area contributed by atoms with Crippen molar-refractivity contribution in [1.82, 2.24) is 15.5 Å². The van der Waals surface area contributed by atoms with Crippen molar-refractivity contribution in [3.05, 3.63) is 29.3 Å². The van der Waals surface area contributed by atoms with Crippen LogP contribution in [0.3, 0.4) is 0 Å². The first-order chi connectivity index (χ1) is 11.7. The summed E-state index contributed by atoms with van der Waals surface area (Å²) in [6.07, 6.45) is 2.56. The van der Waals surface area contributed by atoms with Crippen LogP contribution in [0.1, 0.15) is 26.2 Å². The minimum absolute atomic E-state index is 0.0754. The third kappa shape index (κ3) is 3.87. The van der Waals surface area contributed by atoms with Crippen LogP contribution in [0, 0.1) is 5.92 Å². The second kappa shape index (κ2) is 7.66. The van der Waals surface area contributed by atoms with Crippen molar-refractivity contribution in [3.8, 4) is 11.4 Å². The van der Waals surface area contributed by atoms with Gasteiger partial charge in [-0.05, 0) is 43.5 Å². The Morgan fingerprint density at radius 1 is 1.33 bits per heavy atom. The van der Waals surface area contributed by atoms with Crippen molar-refractivity contribution in [2.45, 2.75) is 26.2 Å². The number of nitrogens with one attached hydrogen (secondary N) is 1. The lowest BCUT2D eigenvalue weighted by Gasteiger charge is -2.29. The van der Waals surface area contributed by atoms with E-state index in [0.717, 1.165) is 44.5 Å². The third-order valence-electron chi connectivity index (χ3n) is 4.20. The number of aromatic nitrogens is 2. The maximum atomic E-state index is 12.0. The summed E-state index contributed by atoms with van der Waals surface area (Å²) in [5.74, 6) is 0.778. The maximum absolute atomic E-state index is 12.0. The molecule has 2 aromatic rings. The summed E-state index contributed by atoms with van der Waals surface area (Å²) < 4.78 is 5.38. The number of carbonyl (C=O) groups excluding carboxylic acids is 1. The summed E-state index contributed by atoms with van der Waals surface area (Å²) in [6.45, 7) is 4.28. The number of nitrogens with zero attached hydrogens (tertiary/aromatic N) is 3. The van der Waals surface area contributed by atoms with Gasteiger partial charge in [0.2, 0.25) is 11.7 Å². The number of anilines is 1. The Hall–Kier alpha value is -2.08. The molecule has 1 aromatic carbocycles. The molecule has 7 heteroatoms. The lowest BCUT2D eigenvalue weighted by Crippen LogP contribution is -2.40. The summed E-state index contributed by atoms with van der Waals surface area (Å²) in [5, 5.41) is 7.68. The van der Waals surface area contributed by atoms with E-state index in [1.807, 2.05) is 17.0 Å². The molecule has 1 aliphatic rings. The zero-order chi connectivity index (χ0) is 16.9. The van der Waals surface area contributed by atoms with Crippen LogP contribution in [0.5, 0.6) is 0 Å². The van der Waals surface area contributed by atoms with Gasteiger partial charge in [0.05, 0.1) is 0 Å². The normalized spacial score (nSPS) is 15.5.